The average molecular weight is 166 g/mol. The Labute approximate surface area is 71.9 Å². The van der Waals surface area contributed by atoms with Gasteiger partial charge in [0.2, 0.25) is 0 Å². The van der Waals surface area contributed by atoms with E-state index in [9.17, 15) is 0 Å². The molecule has 0 spiro atoms. The number of fused-ring (bicyclic) bond motifs is 1. The fourth-order valence-corrected chi connectivity index (χ4v) is 1.79. The van der Waals surface area contributed by atoms with Crippen LogP contribution in [0.3, 0.4) is 0 Å². The predicted octanol–water partition coefficient (Wildman–Crippen LogP) is 1.40. The van der Waals surface area contributed by atoms with Gasteiger partial charge in [0.1, 0.15) is 11.5 Å². The van der Waals surface area contributed by atoms with E-state index in [0.29, 0.717) is 6.54 Å². The van der Waals surface area contributed by atoms with Crippen LogP contribution < -0.4 is 5.73 Å². The molecule has 3 heteroatoms. The zero-order valence-corrected chi connectivity index (χ0v) is 7.18. The summed E-state index contributed by atoms with van der Waals surface area (Å²) in [6.07, 6.45) is 5.93. The zero-order chi connectivity index (χ0) is 8.39. The van der Waals surface area contributed by atoms with Crippen LogP contribution >= 0.6 is 0 Å². The molecule has 2 N–H and O–H groups in total. The van der Waals surface area contributed by atoms with Crippen LogP contribution in [0.4, 0.5) is 0 Å². The maximum atomic E-state index is 5.55. The summed E-state index contributed by atoms with van der Waals surface area (Å²) in [6, 6.07) is 0. The summed E-state index contributed by atoms with van der Waals surface area (Å²) >= 11 is 0. The number of hydrogen-bond donors (Lipinski definition) is 1. The molecule has 1 aliphatic carbocycles. The van der Waals surface area contributed by atoms with Crippen molar-refractivity contribution in [2.24, 2.45) is 5.73 Å². The minimum absolute atomic E-state index is 0.513. The van der Waals surface area contributed by atoms with Gasteiger partial charge in [0.05, 0.1) is 0 Å². The number of rotatable bonds is 1. The Bertz CT molecular complexity index is 267. The van der Waals surface area contributed by atoms with Gasteiger partial charge in [0.25, 0.3) is 0 Å². The molecule has 66 valence electrons. The first-order valence-electron chi connectivity index (χ1n) is 4.58. The third kappa shape index (κ3) is 1.25. The molecular formula is C9H14N2O. The lowest BCUT2D eigenvalue weighted by molar-refractivity contribution is 0.375. The first-order chi connectivity index (χ1) is 5.92. The van der Waals surface area contributed by atoms with E-state index in [1.54, 1.807) is 0 Å². The van der Waals surface area contributed by atoms with E-state index in [1.807, 2.05) is 0 Å². The van der Waals surface area contributed by atoms with Gasteiger partial charge >= 0.3 is 0 Å². The van der Waals surface area contributed by atoms with Crippen molar-refractivity contribution in [3.63, 3.8) is 0 Å². The summed E-state index contributed by atoms with van der Waals surface area (Å²) in [7, 11) is 0. The first kappa shape index (κ1) is 7.80. The lowest BCUT2D eigenvalue weighted by atomic mass is 10.1. The summed E-state index contributed by atoms with van der Waals surface area (Å²) < 4.78 is 5.23. The quantitative estimate of drug-likeness (QED) is 0.641. The normalized spacial score (nSPS) is 17.1. The lowest BCUT2D eigenvalue weighted by Gasteiger charge is -1.95. The van der Waals surface area contributed by atoms with E-state index in [0.717, 1.165) is 24.3 Å². The van der Waals surface area contributed by atoms with Gasteiger partial charge in [-0.25, -0.2) is 0 Å². The molecule has 0 fully saturated rings. The molecule has 1 heterocycles. The Morgan fingerprint density at radius 3 is 2.92 bits per heavy atom. The highest BCUT2D eigenvalue weighted by atomic mass is 16.5. The van der Waals surface area contributed by atoms with Crippen LogP contribution in [0.2, 0.25) is 0 Å². The first-order valence-corrected chi connectivity index (χ1v) is 4.58. The number of nitrogens with zero attached hydrogens (tertiary/aromatic N) is 1. The second-order valence-electron chi connectivity index (χ2n) is 3.30. The van der Waals surface area contributed by atoms with Crippen molar-refractivity contribution in [2.75, 3.05) is 0 Å². The maximum Gasteiger partial charge on any atom is 0.140 e. The van der Waals surface area contributed by atoms with Crippen LogP contribution in [0, 0.1) is 0 Å². The summed E-state index contributed by atoms with van der Waals surface area (Å²) in [4.78, 5) is 0. The van der Waals surface area contributed by atoms with Gasteiger partial charge in [-0.3, -0.25) is 0 Å². The second-order valence-corrected chi connectivity index (χ2v) is 3.30. The third-order valence-corrected chi connectivity index (χ3v) is 2.47. The van der Waals surface area contributed by atoms with E-state index in [2.05, 4.69) is 5.16 Å². The van der Waals surface area contributed by atoms with E-state index in [1.165, 1.54) is 24.8 Å². The van der Waals surface area contributed by atoms with E-state index in [-0.39, 0.29) is 0 Å². The molecule has 1 aromatic rings. The third-order valence-electron chi connectivity index (χ3n) is 2.47. The van der Waals surface area contributed by atoms with Gasteiger partial charge in [-0.2, -0.15) is 0 Å². The molecule has 1 aliphatic rings. The highest BCUT2D eigenvalue weighted by Crippen LogP contribution is 2.22. The summed E-state index contributed by atoms with van der Waals surface area (Å²) in [5, 5.41) is 3.96. The van der Waals surface area contributed by atoms with Crippen molar-refractivity contribution in [1.29, 1.82) is 0 Å². The van der Waals surface area contributed by atoms with Crippen LogP contribution in [-0.4, -0.2) is 5.16 Å². The zero-order valence-electron chi connectivity index (χ0n) is 7.18. The second kappa shape index (κ2) is 3.27. The number of aryl methyl sites for hydroxylation is 1. The van der Waals surface area contributed by atoms with Crippen molar-refractivity contribution < 1.29 is 4.52 Å². The molecule has 0 aromatic carbocycles. The van der Waals surface area contributed by atoms with Gasteiger partial charge in [0.15, 0.2) is 0 Å². The summed E-state index contributed by atoms with van der Waals surface area (Å²) in [5.41, 5.74) is 7.80. The molecule has 0 amide bonds. The molecule has 2 rings (SSSR count). The minimum atomic E-state index is 0.513. The topological polar surface area (TPSA) is 52.0 Å². The molecule has 0 saturated heterocycles. The highest BCUT2D eigenvalue weighted by Gasteiger charge is 2.16. The molecule has 1 aromatic heterocycles. The van der Waals surface area contributed by atoms with Crippen molar-refractivity contribution >= 4 is 0 Å². The average Bonchev–Trinajstić information content (AvgIpc) is 2.33. The number of aromatic nitrogens is 1. The van der Waals surface area contributed by atoms with Gasteiger partial charge in [0, 0.05) is 18.5 Å². The Morgan fingerprint density at radius 1 is 1.25 bits per heavy atom. The molecule has 3 nitrogen and oxygen atoms in total. The number of hydrogen-bond acceptors (Lipinski definition) is 3. The standard InChI is InChI=1S/C9H14N2O/c10-6-8-7-4-2-1-3-5-9(7)12-11-8/h1-6,10H2. The Morgan fingerprint density at radius 2 is 2.08 bits per heavy atom. The van der Waals surface area contributed by atoms with Crippen molar-refractivity contribution in [3.8, 4) is 0 Å². The number of nitrogens with two attached hydrogens (primary N) is 1. The minimum Gasteiger partial charge on any atom is -0.361 e. The predicted molar refractivity (Wildman–Crippen MR) is 45.7 cm³/mol. The highest BCUT2D eigenvalue weighted by molar-refractivity contribution is 5.24. The lowest BCUT2D eigenvalue weighted by Crippen LogP contribution is -2.00. The van der Waals surface area contributed by atoms with E-state index < -0.39 is 0 Å². The maximum absolute atomic E-state index is 5.55. The van der Waals surface area contributed by atoms with Crippen LogP contribution in [0.1, 0.15) is 36.3 Å². The molecule has 12 heavy (non-hydrogen) atoms. The van der Waals surface area contributed by atoms with Crippen LogP contribution in [-0.2, 0) is 19.4 Å². The summed E-state index contributed by atoms with van der Waals surface area (Å²) in [5.74, 6) is 1.08. The Balaban J connectivity index is 2.32. The Hall–Kier alpha value is -0.830. The van der Waals surface area contributed by atoms with Crippen LogP contribution in [0.5, 0.6) is 0 Å². The van der Waals surface area contributed by atoms with Crippen molar-refractivity contribution in [2.45, 2.75) is 38.6 Å². The molecule has 0 aliphatic heterocycles. The SMILES string of the molecule is NCc1noc2c1CCCCC2. The fourth-order valence-electron chi connectivity index (χ4n) is 1.79. The summed E-state index contributed by atoms with van der Waals surface area (Å²) in [6.45, 7) is 0.513. The molecule has 0 radical (unpaired) electrons. The van der Waals surface area contributed by atoms with E-state index in [4.69, 9.17) is 10.3 Å². The monoisotopic (exact) mass is 166 g/mol. The fraction of sp³-hybridized carbons (Fsp3) is 0.667. The van der Waals surface area contributed by atoms with Gasteiger partial charge in [-0.15, -0.1) is 0 Å². The molecule has 0 atom stereocenters. The van der Waals surface area contributed by atoms with Crippen LogP contribution in [0.25, 0.3) is 0 Å². The van der Waals surface area contributed by atoms with E-state index >= 15 is 0 Å². The van der Waals surface area contributed by atoms with Crippen LogP contribution in [0.15, 0.2) is 4.52 Å². The van der Waals surface area contributed by atoms with Crippen molar-refractivity contribution in [3.05, 3.63) is 17.0 Å². The molecule has 0 saturated carbocycles. The van der Waals surface area contributed by atoms with Gasteiger partial charge in [-0.05, 0) is 19.3 Å². The molecular weight excluding hydrogens is 152 g/mol. The van der Waals surface area contributed by atoms with Crippen molar-refractivity contribution in [1.82, 2.24) is 5.16 Å². The van der Waals surface area contributed by atoms with Gasteiger partial charge < -0.3 is 10.3 Å². The largest absolute Gasteiger partial charge is 0.361 e. The van der Waals surface area contributed by atoms with Gasteiger partial charge in [-0.1, -0.05) is 11.6 Å². The Kier molecular flexibility index (Phi) is 2.13. The molecule has 0 bridgehead atoms. The smallest absolute Gasteiger partial charge is 0.140 e. The molecule has 0 unspecified atom stereocenters.